The van der Waals surface area contributed by atoms with Gasteiger partial charge in [-0.3, -0.25) is 0 Å². The Bertz CT molecular complexity index is 327. The third-order valence-corrected chi connectivity index (χ3v) is 3.02. The number of ether oxygens (including phenoxy) is 1. The Kier molecular flexibility index (Phi) is 3.14. The van der Waals surface area contributed by atoms with Crippen molar-refractivity contribution in [3.05, 3.63) is 23.8 Å². The Morgan fingerprint density at radius 1 is 1.20 bits per heavy atom. The first kappa shape index (κ1) is 10.3. The molecule has 0 atom stereocenters. The topological polar surface area (TPSA) is 29.5 Å². The van der Waals surface area contributed by atoms with Crippen LogP contribution in [0.1, 0.15) is 37.7 Å². The van der Waals surface area contributed by atoms with Gasteiger partial charge in [-0.25, -0.2) is 0 Å². The molecule has 0 aliphatic heterocycles. The fraction of sp³-hybridized carbons (Fsp3) is 0.538. The standard InChI is InChI=1S/C13H18O2/c1-10-7-8-11(14)9-13(10)15-12-5-3-2-4-6-12/h7-9,12,14H,2-6H2,1H3. The number of aromatic hydroxyl groups is 1. The van der Waals surface area contributed by atoms with E-state index >= 15 is 0 Å². The molecular weight excluding hydrogens is 188 g/mol. The van der Waals surface area contributed by atoms with Crippen molar-refractivity contribution in [1.82, 2.24) is 0 Å². The summed E-state index contributed by atoms with van der Waals surface area (Å²) in [6, 6.07) is 5.31. The maximum absolute atomic E-state index is 9.39. The molecule has 15 heavy (non-hydrogen) atoms. The summed E-state index contributed by atoms with van der Waals surface area (Å²) in [4.78, 5) is 0. The Hall–Kier alpha value is -1.18. The molecule has 1 aliphatic rings. The van der Waals surface area contributed by atoms with Gasteiger partial charge in [0.2, 0.25) is 0 Å². The molecule has 1 saturated carbocycles. The van der Waals surface area contributed by atoms with Crippen LogP contribution in [0.4, 0.5) is 0 Å². The Balaban J connectivity index is 2.05. The third-order valence-electron chi connectivity index (χ3n) is 3.02. The highest BCUT2D eigenvalue weighted by Crippen LogP contribution is 2.28. The van der Waals surface area contributed by atoms with Gasteiger partial charge in [-0.15, -0.1) is 0 Å². The van der Waals surface area contributed by atoms with Crippen molar-refractivity contribution < 1.29 is 9.84 Å². The molecule has 2 nitrogen and oxygen atoms in total. The van der Waals surface area contributed by atoms with Gasteiger partial charge < -0.3 is 9.84 Å². The molecule has 82 valence electrons. The molecule has 0 heterocycles. The molecule has 1 aromatic carbocycles. The minimum Gasteiger partial charge on any atom is -0.508 e. The van der Waals surface area contributed by atoms with E-state index in [1.807, 2.05) is 13.0 Å². The van der Waals surface area contributed by atoms with E-state index in [0.29, 0.717) is 6.10 Å². The Morgan fingerprint density at radius 2 is 1.93 bits per heavy atom. The molecule has 2 rings (SSSR count). The molecule has 0 bridgehead atoms. The normalized spacial score (nSPS) is 17.7. The molecule has 0 aromatic heterocycles. The van der Waals surface area contributed by atoms with Crippen molar-refractivity contribution in [3.63, 3.8) is 0 Å². The fourth-order valence-corrected chi connectivity index (χ4v) is 2.08. The van der Waals surface area contributed by atoms with Gasteiger partial charge in [-0.2, -0.15) is 0 Å². The van der Waals surface area contributed by atoms with Crippen LogP contribution in [0, 0.1) is 6.92 Å². The fourth-order valence-electron chi connectivity index (χ4n) is 2.08. The first-order valence-corrected chi connectivity index (χ1v) is 5.72. The van der Waals surface area contributed by atoms with Gasteiger partial charge in [0, 0.05) is 6.07 Å². The summed E-state index contributed by atoms with van der Waals surface area (Å²) in [5.74, 6) is 1.12. The number of benzene rings is 1. The van der Waals surface area contributed by atoms with Crippen molar-refractivity contribution >= 4 is 0 Å². The number of hydrogen-bond donors (Lipinski definition) is 1. The van der Waals surface area contributed by atoms with Crippen LogP contribution in [0.15, 0.2) is 18.2 Å². The van der Waals surface area contributed by atoms with Crippen LogP contribution in [0.25, 0.3) is 0 Å². The molecule has 0 saturated heterocycles. The molecule has 1 N–H and O–H groups in total. The van der Waals surface area contributed by atoms with Gasteiger partial charge in [0.25, 0.3) is 0 Å². The summed E-state index contributed by atoms with van der Waals surface area (Å²) < 4.78 is 5.91. The number of aryl methyl sites for hydroxylation is 1. The summed E-state index contributed by atoms with van der Waals surface area (Å²) in [6.07, 6.45) is 6.51. The van der Waals surface area contributed by atoms with Crippen LogP contribution in [0.2, 0.25) is 0 Å². The van der Waals surface area contributed by atoms with Gasteiger partial charge >= 0.3 is 0 Å². The van der Waals surface area contributed by atoms with Gasteiger partial charge in [0.05, 0.1) is 6.10 Å². The van der Waals surface area contributed by atoms with Crippen molar-refractivity contribution in [3.8, 4) is 11.5 Å². The number of rotatable bonds is 2. The van der Waals surface area contributed by atoms with E-state index in [0.717, 1.165) is 24.2 Å². The van der Waals surface area contributed by atoms with E-state index in [9.17, 15) is 5.11 Å². The minimum absolute atomic E-state index is 0.284. The van der Waals surface area contributed by atoms with Crippen LogP contribution in [-0.4, -0.2) is 11.2 Å². The first-order valence-electron chi connectivity index (χ1n) is 5.72. The molecular formula is C13H18O2. The highest BCUT2D eigenvalue weighted by molar-refractivity contribution is 5.39. The van der Waals surface area contributed by atoms with Gasteiger partial charge in [-0.1, -0.05) is 12.5 Å². The minimum atomic E-state index is 0.284. The van der Waals surface area contributed by atoms with E-state index < -0.39 is 0 Å². The van der Waals surface area contributed by atoms with E-state index in [1.165, 1.54) is 19.3 Å². The lowest BCUT2D eigenvalue weighted by Gasteiger charge is -2.23. The largest absolute Gasteiger partial charge is 0.508 e. The lowest BCUT2D eigenvalue weighted by atomic mass is 9.98. The first-order chi connectivity index (χ1) is 7.25. The molecule has 1 aromatic rings. The SMILES string of the molecule is Cc1ccc(O)cc1OC1CCCCC1. The van der Waals surface area contributed by atoms with Crippen molar-refractivity contribution in [1.29, 1.82) is 0 Å². The van der Waals surface area contributed by atoms with Gasteiger partial charge in [-0.05, 0) is 44.2 Å². The van der Waals surface area contributed by atoms with Crippen LogP contribution in [0.3, 0.4) is 0 Å². The zero-order valence-corrected chi connectivity index (χ0v) is 9.20. The molecule has 0 unspecified atom stereocenters. The lowest BCUT2D eigenvalue weighted by molar-refractivity contribution is 0.153. The second-order valence-corrected chi connectivity index (χ2v) is 4.33. The van der Waals surface area contributed by atoms with E-state index in [-0.39, 0.29) is 5.75 Å². The lowest BCUT2D eigenvalue weighted by Crippen LogP contribution is -2.19. The van der Waals surface area contributed by atoms with Crippen LogP contribution >= 0.6 is 0 Å². The van der Waals surface area contributed by atoms with Crippen LogP contribution in [0.5, 0.6) is 11.5 Å². The molecule has 1 aliphatic carbocycles. The summed E-state index contributed by atoms with van der Waals surface area (Å²) in [5, 5.41) is 9.39. The molecule has 0 spiro atoms. The van der Waals surface area contributed by atoms with Gasteiger partial charge in [0.1, 0.15) is 11.5 Å². The van der Waals surface area contributed by atoms with Crippen molar-refractivity contribution in [2.75, 3.05) is 0 Å². The molecule has 0 radical (unpaired) electrons. The maximum atomic E-state index is 9.39. The Labute approximate surface area is 90.9 Å². The van der Waals surface area contributed by atoms with E-state index in [1.54, 1.807) is 12.1 Å². The van der Waals surface area contributed by atoms with Crippen LogP contribution in [-0.2, 0) is 0 Å². The highest BCUT2D eigenvalue weighted by atomic mass is 16.5. The van der Waals surface area contributed by atoms with Crippen molar-refractivity contribution in [2.45, 2.75) is 45.1 Å². The molecule has 2 heteroatoms. The number of phenolic OH excluding ortho intramolecular Hbond substituents is 1. The van der Waals surface area contributed by atoms with E-state index in [4.69, 9.17) is 4.74 Å². The zero-order chi connectivity index (χ0) is 10.7. The predicted molar refractivity (Wildman–Crippen MR) is 60.3 cm³/mol. The second kappa shape index (κ2) is 4.56. The average molecular weight is 206 g/mol. The van der Waals surface area contributed by atoms with Crippen molar-refractivity contribution in [2.24, 2.45) is 0 Å². The summed E-state index contributed by atoms with van der Waals surface area (Å²) in [7, 11) is 0. The zero-order valence-electron chi connectivity index (χ0n) is 9.20. The number of hydrogen-bond acceptors (Lipinski definition) is 2. The third kappa shape index (κ3) is 2.65. The Morgan fingerprint density at radius 3 is 2.67 bits per heavy atom. The molecule has 1 fully saturated rings. The van der Waals surface area contributed by atoms with Gasteiger partial charge in [0.15, 0.2) is 0 Å². The second-order valence-electron chi connectivity index (χ2n) is 4.33. The number of phenols is 1. The average Bonchev–Trinajstić information content (AvgIpc) is 2.25. The molecule has 0 amide bonds. The highest BCUT2D eigenvalue weighted by Gasteiger charge is 2.15. The summed E-state index contributed by atoms with van der Waals surface area (Å²) >= 11 is 0. The summed E-state index contributed by atoms with van der Waals surface area (Å²) in [5.41, 5.74) is 1.10. The predicted octanol–water partition coefficient (Wildman–Crippen LogP) is 3.41. The van der Waals surface area contributed by atoms with E-state index in [2.05, 4.69) is 0 Å². The smallest absolute Gasteiger partial charge is 0.126 e. The van der Waals surface area contributed by atoms with Crippen LogP contribution < -0.4 is 4.74 Å². The summed E-state index contributed by atoms with van der Waals surface area (Å²) in [6.45, 7) is 2.01. The maximum Gasteiger partial charge on any atom is 0.126 e. The quantitative estimate of drug-likeness (QED) is 0.803. The monoisotopic (exact) mass is 206 g/mol.